The quantitative estimate of drug-likeness (QED) is 0.695. The number of nitrogens with one attached hydrogen (secondary N) is 1. The van der Waals surface area contributed by atoms with Gasteiger partial charge in [0, 0.05) is 6.04 Å². The summed E-state index contributed by atoms with van der Waals surface area (Å²) in [5.74, 6) is 0.811. The molecule has 0 aliphatic heterocycles. The van der Waals surface area contributed by atoms with Gasteiger partial charge in [0.25, 0.3) is 0 Å². The minimum absolute atomic E-state index is 0.247. The molecular formula is C13H29NO2S. The minimum Gasteiger partial charge on any atom is -0.314 e. The van der Waals surface area contributed by atoms with Crippen molar-refractivity contribution in [3.8, 4) is 0 Å². The van der Waals surface area contributed by atoms with Gasteiger partial charge in [-0.15, -0.1) is 0 Å². The lowest BCUT2D eigenvalue weighted by atomic mass is 10.0. The molecule has 0 spiro atoms. The van der Waals surface area contributed by atoms with Gasteiger partial charge in [0.05, 0.1) is 11.0 Å². The van der Waals surface area contributed by atoms with Crippen molar-refractivity contribution in [3.05, 3.63) is 0 Å². The molecule has 0 saturated carbocycles. The van der Waals surface area contributed by atoms with Crippen LogP contribution in [0.1, 0.15) is 53.9 Å². The van der Waals surface area contributed by atoms with Crippen molar-refractivity contribution in [1.82, 2.24) is 5.32 Å². The predicted octanol–water partition coefficient (Wildman–Crippen LogP) is 2.61. The molecule has 4 heteroatoms. The van der Waals surface area contributed by atoms with E-state index < -0.39 is 9.84 Å². The maximum Gasteiger partial charge on any atom is 0.152 e. The predicted molar refractivity (Wildman–Crippen MR) is 75.1 cm³/mol. The molecular weight excluding hydrogens is 234 g/mol. The molecule has 104 valence electrons. The van der Waals surface area contributed by atoms with Gasteiger partial charge < -0.3 is 5.32 Å². The minimum atomic E-state index is -2.88. The van der Waals surface area contributed by atoms with E-state index in [1.807, 2.05) is 0 Å². The standard InChI is InChI=1S/C13H29NO2S/c1-6-7-13(10-14-11(2)3)8-9-17(15,16)12(4)5/h11-14H,6-10H2,1-5H3. The molecule has 1 atom stereocenters. The molecule has 1 unspecified atom stereocenters. The average Bonchev–Trinajstić information content (AvgIpc) is 2.21. The fourth-order valence-electron chi connectivity index (χ4n) is 1.73. The number of rotatable bonds is 9. The molecule has 0 aromatic rings. The van der Waals surface area contributed by atoms with Crippen LogP contribution in [0.5, 0.6) is 0 Å². The molecule has 0 aliphatic rings. The van der Waals surface area contributed by atoms with Gasteiger partial charge in [-0.05, 0) is 39.2 Å². The summed E-state index contributed by atoms with van der Waals surface area (Å²) in [7, 11) is -2.88. The molecule has 0 saturated heterocycles. The Morgan fingerprint density at radius 2 is 1.65 bits per heavy atom. The Kier molecular flexibility index (Phi) is 8.05. The summed E-state index contributed by atoms with van der Waals surface area (Å²) in [6.07, 6.45) is 3.01. The number of sulfone groups is 1. The summed E-state index contributed by atoms with van der Waals surface area (Å²) in [5, 5.41) is 3.15. The van der Waals surface area contributed by atoms with Crippen LogP contribution in [-0.4, -0.2) is 32.0 Å². The Morgan fingerprint density at radius 3 is 2.06 bits per heavy atom. The SMILES string of the molecule is CCCC(CCS(=O)(=O)C(C)C)CNC(C)C. The normalized spacial score (nSPS) is 14.5. The fraction of sp³-hybridized carbons (Fsp3) is 1.00. The molecule has 0 aromatic heterocycles. The van der Waals surface area contributed by atoms with Crippen LogP contribution < -0.4 is 5.32 Å². The van der Waals surface area contributed by atoms with E-state index in [0.29, 0.717) is 17.7 Å². The van der Waals surface area contributed by atoms with Crippen LogP contribution in [0.3, 0.4) is 0 Å². The Hall–Kier alpha value is -0.0900. The third kappa shape index (κ3) is 7.77. The van der Waals surface area contributed by atoms with Gasteiger partial charge in [-0.2, -0.15) is 0 Å². The smallest absolute Gasteiger partial charge is 0.152 e. The summed E-state index contributed by atoms with van der Waals surface area (Å²) in [6, 6.07) is 0.469. The molecule has 0 heterocycles. The largest absolute Gasteiger partial charge is 0.314 e. The summed E-state index contributed by atoms with van der Waals surface area (Å²) in [5.41, 5.74) is 0. The van der Waals surface area contributed by atoms with Crippen molar-refractivity contribution >= 4 is 9.84 Å². The summed E-state index contributed by atoms with van der Waals surface area (Å²) in [4.78, 5) is 0. The molecule has 0 rings (SSSR count). The third-order valence-electron chi connectivity index (χ3n) is 3.04. The monoisotopic (exact) mass is 263 g/mol. The second kappa shape index (κ2) is 8.09. The van der Waals surface area contributed by atoms with Crippen LogP contribution in [0, 0.1) is 5.92 Å². The van der Waals surface area contributed by atoms with E-state index in [1.54, 1.807) is 13.8 Å². The van der Waals surface area contributed by atoms with Gasteiger partial charge in [0.15, 0.2) is 9.84 Å². The first kappa shape index (κ1) is 16.9. The van der Waals surface area contributed by atoms with Crippen LogP contribution in [0.15, 0.2) is 0 Å². The van der Waals surface area contributed by atoms with Gasteiger partial charge in [-0.25, -0.2) is 8.42 Å². The van der Waals surface area contributed by atoms with E-state index in [9.17, 15) is 8.42 Å². The lowest BCUT2D eigenvalue weighted by Gasteiger charge is -2.19. The van der Waals surface area contributed by atoms with Crippen molar-refractivity contribution < 1.29 is 8.42 Å². The van der Waals surface area contributed by atoms with E-state index in [2.05, 4.69) is 26.1 Å². The first-order chi connectivity index (χ1) is 7.79. The first-order valence-electron chi connectivity index (χ1n) is 6.74. The lowest BCUT2D eigenvalue weighted by molar-refractivity contribution is 0.409. The summed E-state index contributed by atoms with van der Waals surface area (Å²) < 4.78 is 23.5. The van der Waals surface area contributed by atoms with Gasteiger partial charge >= 0.3 is 0 Å². The van der Waals surface area contributed by atoms with Crippen molar-refractivity contribution in [2.24, 2.45) is 5.92 Å². The number of hydrogen-bond donors (Lipinski definition) is 1. The molecule has 0 radical (unpaired) electrons. The van der Waals surface area contributed by atoms with E-state index in [1.165, 1.54) is 0 Å². The Morgan fingerprint density at radius 1 is 1.06 bits per heavy atom. The lowest BCUT2D eigenvalue weighted by Crippen LogP contribution is -2.30. The highest BCUT2D eigenvalue weighted by molar-refractivity contribution is 7.91. The molecule has 0 amide bonds. The zero-order chi connectivity index (χ0) is 13.5. The molecule has 17 heavy (non-hydrogen) atoms. The van der Waals surface area contributed by atoms with Crippen molar-refractivity contribution in [1.29, 1.82) is 0 Å². The van der Waals surface area contributed by atoms with Crippen LogP contribution in [0.4, 0.5) is 0 Å². The van der Waals surface area contributed by atoms with E-state index in [4.69, 9.17) is 0 Å². The molecule has 3 nitrogen and oxygen atoms in total. The fourth-order valence-corrected chi connectivity index (χ4v) is 2.86. The second-order valence-corrected chi connectivity index (χ2v) is 8.10. The topological polar surface area (TPSA) is 46.2 Å². The van der Waals surface area contributed by atoms with Gasteiger partial charge in [0.2, 0.25) is 0 Å². The second-order valence-electron chi connectivity index (χ2n) is 5.42. The maximum absolute atomic E-state index is 11.8. The zero-order valence-corrected chi connectivity index (χ0v) is 12.8. The van der Waals surface area contributed by atoms with E-state index in [-0.39, 0.29) is 5.25 Å². The summed E-state index contributed by atoms with van der Waals surface area (Å²) >= 11 is 0. The Bertz CT molecular complexity index is 284. The van der Waals surface area contributed by atoms with Crippen molar-refractivity contribution in [2.45, 2.75) is 65.2 Å². The van der Waals surface area contributed by atoms with Crippen LogP contribution in [0.25, 0.3) is 0 Å². The Balaban J connectivity index is 4.17. The molecule has 1 N–H and O–H groups in total. The molecule has 0 aliphatic carbocycles. The molecule has 0 fully saturated rings. The van der Waals surface area contributed by atoms with Crippen LogP contribution >= 0.6 is 0 Å². The highest BCUT2D eigenvalue weighted by Crippen LogP contribution is 2.14. The van der Waals surface area contributed by atoms with Gasteiger partial charge in [-0.1, -0.05) is 27.2 Å². The Labute approximate surface area is 107 Å². The van der Waals surface area contributed by atoms with Crippen LogP contribution in [0.2, 0.25) is 0 Å². The summed E-state index contributed by atoms with van der Waals surface area (Å²) in [6.45, 7) is 10.8. The number of hydrogen-bond acceptors (Lipinski definition) is 3. The van der Waals surface area contributed by atoms with Crippen molar-refractivity contribution in [2.75, 3.05) is 12.3 Å². The van der Waals surface area contributed by atoms with Gasteiger partial charge in [-0.3, -0.25) is 0 Å². The van der Waals surface area contributed by atoms with E-state index in [0.717, 1.165) is 25.8 Å². The molecule has 0 bridgehead atoms. The van der Waals surface area contributed by atoms with Gasteiger partial charge in [0.1, 0.15) is 0 Å². The van der Waals surface area contributed by atoms with E-state index >= 15 is 0 Å². The van der Waals surface area contributed by atoms with Crippen molar-refractivity contribution in [3.63, 3.8) is 0 Å². The average molecular weight is 263 g/mol. The first-order valence-corrected chi connectivity index (χ1v) is 8.46. The third-order valence-corrected chi connectivity index (χ3v) is 5.28. The highest BCUT2D eigenvalue weighted by Gasteiger charge is 2.18. The highest BCUT2D eigenvalue weighted by atomic mass is 32.2. The maximum atomic E-state index is 11.8. The molecule has 0 aromatic carbocycles. The van der Waals surface area contributed by atoms with Crippen LogP contribution in [-0.2, 0) is 9.84 Å². The zero-order valence-electron chi connectivity index (χ0n) is 12.0.